The molecule has 5 aromatic carbocycles. The monoisotopic (exact) mass is 516 g/mol. The first kappa shape index (κ1) is 21.5. The van der Waals surface area contributed by atoms with Crippen molar-refractivity contribution in [2.24, 2.45) is 0 Å². The van der Waals surface area contributed by atoms with Gasteiger partial charge in [0, 0.05) is 37.0 Å². The van der Waals surface area contributed by atoms with E-state index in [2.05, 4.69) is 128 Å². The third kappa shape index (κ3) is 2.68. The van der Waals surface area contributed by atoms with Gasteiger partial charge in [0.15, 0.2) is 0 Å². The van der Waals surface area contributed by atoms with E-state index in [9.17, 15) is 0 Å². The first-order chi connectivity index (χ1) is 19.1. The highest BCUT2D eigenvalue weighted by Gasteiger charge is 2.36. The topological polar surface area (TPSA) is 17.8 Å². The zero-order valence-electron chi connectivity index (χ0n) is 21.7. The van der Waals surface area contributed by atoms with Crippen LogP contribution in [0, 0.1) is 0 Å². The normalized spacial score (nSPS) is 14.1. The standard InChI is InChI=1S/C36H24N2S/c1-36(2)27-15-7-3-11-21(27)25-19-26-22-12-5-9-17-30(22)38(31(26)20-28(25)36)34-23-13-4-8-16-29(23)37-35-33(34)24-14-6-10-18-32(24)39-35/h3-20H,1-2H3. The maximum absolute atomic E-state index is 5.16. The van der Waals surface area contributed by atoms with Crippen LogP contribution in [-0.4, -0.2) is 9.55 Å². The number of para-hydroxylation sites is 2. The predicted octanol–water partition coefficient (Wildman–Crippen LogP) is 10.0. The Labute approximate surface area is 229 Å². The van der Waals surface area contributed by atoms with Gasteiger partial charge in [-0.2, -0.15) is 0 Å². The van der Waals surface area contributed by atoms with Crippen molar-refractivity contribution in [3.63, 3.8) is 0 Å². The summed E-state index contributed by atoms with van der Waals surface area (Å²) in [6.45, 7) is 4.73. The van der Waals surface area contributed by atoms with Crippen LogP contribution in [-0.2, 0) is 5.41 Å². The fourth-order valence-corrected chi connectivity index (χ4v) is 8.08. The van der Waals surface area contributed by atoms with Crippen LogP contribution < -0.4 is 0 Å². The third-order valence-corrected chi connectivity index (χ3v) is 9.86. The summed E-state index contributed by atoms with van der Waals surface area (Å²) in [5.41, 5.74) is 10.2. The zero-order valence-corrected chi connectivity index (χ0v) is 22.5. The molecule has 1 aliphatic rings. The molecule has 39 heavy (non-hydrogen) atoms. The van der Waals surface area contributed by atoms with E-state index in [1.54, 1.807) is 11.3 Å². The summed E-state index contributed by atoms with van der Waals surface area (Å²) in [5, 5.41) is 6.27. The molecule has 0 spiro atoms. The van der Waals surface area contributed by atoms with Crippen LogP contribution in [0.25, 0.3) is 69.8 Å². The quantitative estimate of drug-likeness (QED) is 0.212. The number of fused-ring (bicyclic) bond motifs is 10. The van der Waals surface area contributed by atoms with Gasteiger partial charge in [-0.1, -0.05) is 92.7 Å². The molecule has 0 saturated heterocycles. The van der Waals surface area contributed by atoms with E-state index < -0.39 is 0 Å². The molecular weight excluding hydrogens is 492 g/mol. The van der Waals surface area contributed by atoms with E-state index in [4.69, 9.17) is 4.98 Å². The molecule has 0 amide bonds. The van der Waals surface area contributed by atoms with Gasteiger partial charge in [-0.25, -0.2) is 4.98 Å². The number of aromatic nitrogens is 2. The predicted molar refractivity (Wildman–Crippen MR) is 167 cm³/mol. The van der Waals surface area contributed by atoms with Gasteiger partial charge in [-0.3, -0.25) is 0 Å². The summed E-state index contributed by atoms with van der Waals surface area (Å²) in [6, 6.07) is 40.1. The van der Waals surface area contributed by atoms with Gasteiger partial charge in [0.1, 0.15) is 4.83 Å². The van der Waals surface area contributed by atoms with Gasteiger partial charge in [-0.15, -0.1) is 11.3 Å². The number of pyridine rings is 1. The summed E-state index contributed by atoms with van der Waals surface area (Å²) in [4.78, 5) is 6.25. The number of rotatable bonds is 1. The molecule has 3 aromatic heterocycles. The lowest BCUT2D eigenvalue weighted by Crippen LogP contribution is -2.15. The molecule has 0 bridgehead atoms. The van der Waals surface area contributed by atoms with Crippen LogP contribution in [0.3, 0.4) is 0 Å². The maximum atomic E-state index is 5.16. The molecule has 3 heteroatoms. The lowest BCUT2D eigenvalue weighted by molar-refractivity contribution is 0.661. The first-order valence-electron chi connectivity index (χ1n) is 13.5. The Hall–Kier alpha value is -4.47. The van der Waals surface area contributed by atoms with Crippen molar-refractivity contribution < 1.29 is 0 Å². The zero-order chi connectivity index (χ0) is 25.9. The van der Waals surface area contributed by atoms with Crippen molar-refractivity contribution in [1.82, 2.24) is 9.55 Å². The van der Waals surface area contributed by atoms with Gasteiger partial charge in [0.25, 0.3) is 0 Å². The Bertz CT molecular complexity index is 2320. The minimum absolute atomic E-state index is 0.0634. The van der Waals surface area contributed by atoms with Crippen LogP contribution >= 0.6 is 11.3 Å². The van der Waals surface area contributed by atoms with Gasteiger partial charge >= 0.3 is 0 Å². The fraction of sp³-hybridized carbons (Fsp3) is 0.0833. The second-order valence-corrected chi connectivity index (χ2v) is 12.2. The molecule has 0 atom stereocenters. The first-order valence-corrected chi connectivity index (χ1v) is 14.3. The number of nitrogens with zero attached hydrogens (tertiary/aromatic N) is 2. The smallest absolute Gasteiger partial charge is 0.127 e. The van der Waals surface area contributed by atoms with Gasteiger partial charge < -0.3 is 4.57 Å². The van der Waals surface area contributed by atoms with Crippen LogP contribution in [0.2, 0.25) is 0 Å². The fourth-order valence-electron chi connectivity index (χ4n) is 6.99. The molecule has 9 rings (SSSR count). The summed E-state index contributed by atoms with van der Waals surface area (Å²) in [6.07, 6.45) is 0. The summed E-state index contributed by atoms with van der Waals surface area (Å²) in [7, 11) is 0. The van der Waals surface area contributed by atoms with Crippen LogP contribution in [0.15, 0.2) is 109 Å². The summed E-state index contributed by atoms with van der Waals surface area (Å²) in [5.74, 6) is 0. The molecule has 1 aliphatic carbocycles. The van der Waals surface area contributed by atoms with Crippen molar-refractivity contribution in [2.45, 2.75) is 19.3 Å². The van der Waals surface area contributed by atoms with Crippen molar-refractivity contribution in [1.29, 1.82) is 0 Å². The molecule has 184 valence electrons. The van der Waals surface area contributed by atoms with Gasteiger partial charge in [0.2, 0.25) is 0 Å². The minimum atomic E-state index is -0.0634. The average Bonchev–Trinajstić information content (AvgIpc) is 3.57. The molecule has 0 unspecified atom stereocenters. The number of benzene rings is 5. The molecule has 8 aromatic rings. The average molecular weight is 517 g/mol. The second kappa shape index (κ2) is 7.34. The largest absolute Gasteiger partial charge is 0.308 e. The van der Waals surface area contributed by atoms with Crippen molar-refractivity contribution in [3.8, 4) is 16.8 Å². The van der Waals surface area contributed by atoms with Gasteiger partial charge in [-0.05, 0) is 52.6 Å². The second-order valence-electron chi connectivity index (χ2n) is 11.2. The Morgan fingerprint density at radius 2 is 1.33 bits per heavy atom. The number of hydrogen-bond donors (Lipinski definition) is 0. The SMILES string of the molecule is CC1(C)c2ccccc2-c2cc3c4ccccc4n(-c4c5ccccc5nc5sc6ccccc6c45)c3cc21. The van der Waals surface area contributed by atoms with Crippen LogP contribution in [0.5, 0.6) is 0 Å². The molecule has 0 saturated carbocycles. The van der Waals surface area contributed by atoms with Crippen molar-refractivity contribution in [3.05, 3.63) is 120 Å². The van der Waals surface area contributed by atoms with Gasteiger partial charge in [0.05, 0.1) is 22.2 Å². The Balaban J connectivity index is 1.52. The Morgan fingerprint density at radius 1 is 0.615 bits per heavy atom. The lowest BCUT2D eigenvalue weighted by Gasteiger charge is -2.22. The van der Waals surface area contributed by atoms with E-state index in [0.29, 0.717) is 0 Å². The van der Waals surface area contributed by atoms with E-state index >= 15 is 0 Å². The molecule has 0 N–H and O–H groups in total. The van der Waals surface area contributed by atoms with Crippen LogP contribution in [0.1, 0.15) is 25.0 Å². The van der Waals surface area contributed by atoms with E-state index in [-0.39, 0.29) is 5.41 Å². The molecule has 0 radical (unpaired) electrons. The van der Waals surface area contributed by atoms with Crippen LogP contribution in [0.4, 0.5) is 0 Å². The lowest BCUT2D eigenvalue weighted by atomic mass is 9.82. The summed E-state index contributed by atoms with van der Waals surface area (Å²) >= 11 is 1.79. The third-order valence-electron chi connectivity index (χ3n) is 8.79. The Morgan fingerprint density at radius 3 is 2.23 bits per heavy atom. The highest BCUT2D eigenvalue weighted by atomic mass is 32.1. The molecular formula is C36H24N2S. The van der Waals surface area contributed by atoms with E-state index in [1.807, 2.05) is 0 Å². The molecule has 3 heterocycles. The minimum Gasteiger partial charge on any atom is -0.308 e. The highest BCUT2D eigenvalue weighted by molar-refractivity contribution is 7.25. The summed E-state index contributed by atoms with van der Waals surface area (Å²) < 4.78 is 3.80. The molecule has 0 aliphatic heterocycles. The van der Waals surface area contributed by atoms with Crippen molar-refractivity contribution in [2.75, 3.05) is 0 Å². The number of hydrogen-bond acceptors (Lipinski definition) is 2. The van der Waals surface area contributed by atoms with E-state index in [0.717, 1.165) is 10.3 Å². The van der Waals surface area contributed by atoms with E-state index in [1.165, 1.54) is 70.6 Å². The molecule has 0 fully saturated rings. The van der Waals surface area contributed by atoms with Crippen molar-refractivity contribution >= 4 is 64.3 Å². The number of thiophene rings is 1. The highest BCUT2D eigenvalue weighted by Crippen LogP contribution is 2.51. The Kier molecular flexibility index (Phi) is 4.04. The molecule has 2 nitrogen and oxygen atoms in total. The maximum Gasteiger partial charge on any atom is 0.127 e.